The van der Waals surface area contributed by atoms with Crippen LogP contribution in [0.25, 0.3) is 0 Å². The first-order valence-electron chi connectivity index (χ1n) is 5.96. The Labute approximate surface area is 110 Å². The number of aromatic nitrogens is 5. The molecule has 0 aromatic carbocycles. The van der Waals surface area contributed by atoms with E-state index >= 15 is 0 Å². The third-order valence-electron chi connectivity index (χ3n) is 2.39. The van der Waals surface area contributed by atoms with Crippen molar-refractivity contribution in [3.8, 4) is 0 Å². The van der Waals surface area contributed by atoms with Crippen molar-refractivity contribution < 1.29 is 0 Å². The Morgan fingerprint density at radius 2 is 2.11 bits per heavy atom. The quantitative estimate of drug-likeness (QED) is 0.778. The minimum absolute atomic E-state index is 0.741. The molecule has 96 valence electrons. The van der Waals surface area contributed by atoms with Gasteiger partial charge in [0.2, 0.25) is 0 Å². The Morgan fingerprint density at radius 3 is 2.78 bits per heavy atom. The maximum absolute atomic E-state index is 4.32. The number of nitrogens with one attached hydrogen (secondary N) is 2. The van der Waals surface area contributed by atoms with Crippen molar-refractivity contribution in [2.75, 3.05) is 11.9 Å². The molecule has 0 spiro atoms. The Balaban J connectivity index is 2.23. The van der Waals surface area contributed by atoms with E-state index in [2.05, 4.69) is 44.3 Å². The molecule has 0 aliphatic rings. The Morgan fingerprint density at radius 1 is 1.22 bits per heavy atom. The van der Waals surface area contributed by atoms with Crippen LogP contribution in [-0.2, 0) is 6.42 Å². The summed E-state index contributed by atoms with van der Waals surface area (Å²) >= 11 is 1.47. The summed E-state index contributed by atoms with van der Waals surface area (Å²) in [6.07, 6.45) is 5.02. The molecule has 6 nitrogen and oxygen atoms in total. The molecule has 7 heteroatoms. The zero-order valence-corrected chi connectivity index (χ0v) is 11.3. The second-order valence-electron chi connectivity index (χ2n) is 3.68. The Bertz CT molecular complexity index is 484. The van der Waals surface area contributed by atoms with Crippen LogP contribution in [0.5, 0.6) is 0 Å². The molecule has 18 heavy (non-hydrogen) atoms. The summed E-state index contributed by atoms with van der Waals surface area (Å²) in [4.78, 5) is 12.7. The maximum Gasteiger partial charge on any atom is 0.189 e. The standard InChI is InChI=1S/C11H16N6S/c1-3-5-12-9-8(4-2)10(14-6-13-9)18-11-15-7-16-17-11/h6-7H,3-5H2,1-2H3,(H,12,13,14)(H,15,16,17). The first-order valence-corrected chi connectivity index (χ1v) is 6.77. The van der Waals surface area contributed by atoms with Gasteiger partial charge in [-0.15, -0.1) is 0 Å². The van der Waals surface area contributed by atoms with Gasteiger partial charge in [-0.05, 0) is 24.6 Å². The average molecular weight is 264 g/mol. The highest BCUT2D eigenvalue weighted by molar-refractivity contribution is 7.99. The SMILES string of the molecule is CCCNc1ncnc(Sc2ncn[nH]2)c1CC. The first kappa shape index (κ1) is 12.8. The molecule has 0 fully saturated rings. The summed E-state index contributed by atoms with van der Waals surface area (Å²) in [6.45, 7) is 5.14. The zero-order chi connectivity index (χ0) is 12.8. The minimum atomic E-state index is 0.741. The van der Waals surface area contributed by atoms with Gasteiger partial charge in [0.05, 0.1) is 0 Å². The van der Waals surface area contributed by atoms with Crippen LogP contribution in [0, 0.1) is 0 Å². The van der Waals surface area contributed by atoms with Crippen molar-refractivity contribution >= 4 is 17.6 Å². The van der Waals surface area contributed by atoms with Crippen molar-refractivity contribution in [1.82, 2.24) is 25.1 Å². The van der Waals surface area contributed by atoms with Gasteiger partial charge < -0.3 is 5.32 Å². The number of anilines is 1. The third kappa shape index (κ3) is 2.98. The molecular formula is C11H16N6S. The van der Waals surface area contributed by atoms with Crippen molar-refractivity contribution in [1.29, 1.82) is 0 Å². The van der Waals surface area contributed by atoms with Gasteiger partial charge in [-0.1, -0.05) is 13.8 Å². The number of nitrogens with zero attached hydrogens (tertiary/aromatic N) is 4. The van der Waals surface area contributed by atoms with Crippen LogP contribution in [-0.4, -0.2) is 31.7 Å². The molecule has 0 saturated heterocycles. The van der Waals surface area contributed by atoms with Crippen LogP contribution >= 0.6 is 11.8 Å². The largest absolute Gasteiger partial charge is 0.370 e. The lowest BCUT2D eigenvalue weighted by molar-refractivity contribution is 0.904. The molecule has 0 amide bonds. The molecule has 0 unspecified atom stereocenters. The molecule has 2 rings (SSSR count). The van der Waals surface area contributed by atoms with Crippen LogP contribution in [0.2, 0.25) is 0 Å². The van der Waals surface area contributed by atoms with E-state index in [1.807, 2.05) is 0 Å². The summed E-state index contributed by atoms with van der Waals surface area (Å²) in [5.41, 5.74) is 1.12. The molecule has 0 atom stereocenters. The number of hydrogen-bond acceptors (Lipinski definition) is 6. The number of hydrogen-bond donors (Lipinski definition) is 2. The predicted octanol–water partition coefficient (Wildman–Crippen LogP) is 2.13. The fraction of sp³-hybridized carbons (Fsp3) is 0.455. The van der Waals surface area contributed by atoms with E-state index in [-0.39, 0.29) is 0 Å². The summed E-state index contributed by atoms with van der Waals surface area (Å²) in [5.74, 6) is 0.913. The average Bonchev–Trinajstić information content (AvgIpc) is 2.89. The monoisotopic (exact) mass is 264 g/mol. The van der Waals surface area contributed by atoms with Crippen LogP contribution in [0.4, 0.5) is 5.82 Å². The van der Waals surface area contributed by atoms with E-state index in [9.17, 15) is 0 Å². The number of rotatable bonds is 6. The van der Waals surface area contributed by atoms with Gasteiger partial charge in [0.1, 0.15) is 23.5 Å². The van der Waals surface area contributed by atoms with Gasteiger partial charge in [0.25, 0.3) is 0 Å². The maximum atomic E-state index is 4.32. The first-order chi connectivity index (χ1) is 8.85. The van der Waals surface area contributed by atoms with Crippen LogP contribution in [0.15, 0.2) is 22.8 Å². The smallest absolute Gasteiger partial charge is 0.189 e. The highest BCUT2D eigenvalue weighted by Crippen LogP contribution is 2.28. The van der Waals surface area contributed by atoms with E-state index in [0.717, 1.165) is 41.0 Å². The topological polar surface area (TPSA) is 79.4 Å². The summed E-state index contributed by atoms with van der Waals surface area (Å²) < 4.78 is 0. The number of aromatic amines is 1. The van der Waals surface area contributed by atoms with Gasteiger partial charge in [0.15, 0.2) is 5.16 Å². The fourth-order valence-corrected chi connectivity index (χ4v) is 2.38. The summed E-state index contributed by atoms with van der Waals surface area (Å²) in [7, 11) is 0. The molecule has 0 aliphatic carbocycles. The normalized spacial score (nSPS) is 10.6. The molecular weight excluding hydrogens is 248 g/mol. The van der Waals surface area contributed by atoms with Crippen molar-refractivity contribution in [2.24, 2.45) is 0 Å². The number of H-pyrrole nitrogens is 1. The molecule has 2 aromatic heterocycles. The molecule has 2 aromatic rings. The van der Waals surface area contributed by atoms with Crippen LogP contribution in [0.3, 0.4) is 0 Å². The van der Waals surface area contributed by atoms with Gasteiger partial charge in [-0.2, -0.15) is 5.10 Å². The predicted molar refractivity (Wildman–Crippen MR) is 70.7 cm³/mol. The van der Waals surface area contributed by atoms with Gasteiger partial charge in [-0.25, -0.2) is 15.0 Å². The minimum Gasteiger partial charge on any atom is -0.370 e. The molecule has 2 heterocycles. The van der Waals surface area contributed by atoms with Crippen molar-refractivity contribution in [2.45, 2.75) is 36.9 Å². The lowest BCUT2D eigenvalue weighted by Gasteiger charge is -2.11. The molecule has 2 N–H and O–H groups in total. The lowest BCUT2D eigenvalue weighted by atomic mass is 10.2. The summed E-state index contributed by atoms with van der Waals surface area (Å²) in [6, 6.07) is 0. The highest BCUT2D eigenvalue weighted by atomic mass is 32.2. The second kappa shape index (κ2) is 6.34. The van der Waals surface area contributed by atoms with Crippen LogP contribution in [0.1, 0.15) is 25.8 Å². The Hall–Kier alpha value is -1.63. The zero-order valence-electron chi connectivity index (χ0n) is 10.5. The van der Waals surface area contributed by atoms with E-state index < -0.39 is 0 Å². The fourth-order valence-electron chi connectivity index (χ4n) is 1.53. The van der Waals surface area contributed by atoms with Crippen molar-refractivity contribution in [3.05, 3.63) is 18.2 Å². The van der Waals surface area contributed by atoms with Gasteiger partial charge in [0, 0.05) is 12.1 Å². The Kier molecular flexibility index (Phi) is 4.52. The van der Waals surface area contributed by atoms with E-state index in [1.54, 1.807) is 6.33 Å². The van der Waals surface area contributed by atoms with E-state index in [1.165, 1.54) is 18.1 Å². The summed E-state index contributed by atoms with van der Waals surface area (Å²) in [5, 5.41) is 11.6. The van der Waals surface area contributed by atoms with E-state index in [4.69, 9.17) is 0 Å². The lowest BCUT2D eigenvalue weighted by Crippen LogP contribution is -2.07. The third-order valence-corrected chi connectivity index (χ3v) is 3.32. The van der Waals surface area contributed by atoms with E-state index in [0.29, 0.717) is 0 Å². The molecule has 0 bridgehead atoms. The second-order valence-corrected chi connectivity index (χ2v) is 4.66. The van der Waals surface area contributed by atoms with Gasteiger partial charge in [-0.3, -0.25) is 5.10 Å². The van der Waals surface area contributed by atoms with Gasteiger partial charge >= 0.3 is 0 Å². The molecule has 0 radical (unpaired) electrons. The highest BCUT2D eigenvalue weighted by Gasteiger charge is 2.11. The van der Waals surface area contributed by atoms with Crippen molar-refractivity contribution in [3.63, 3.8) is 0 Å². The molecule has 0 saturated carbocycles. The molecule has 0 aliphatic heterocycles. The van der Waals surface area contributed by atoms with Crippen LogP contribution < -0.4 is 5.32 Å².